The summed E-state index contributed by atoms with van der Waals surface area (Å²) in [5.74, 6) is -0.494. The lowest BCUT2D eigenvalue weighted by Crippen LogP contribution is -2.22. The molecule has 1 atom stereocenters. The van der Waals surface area contributed by atoms with Crippen molar-refractivity contribution in [3.05, 3.63) is 48.5 Å². The smallest absolute Gasteiger partial charge is 0.344 e. The van der Waals surface area contributed by atoms with Gasteiger partial charge in [0.1, 0.15) is 16.3 Å². The Bertz CT molecular complexity index is 783. The summed E-state index contributed by atoms with van der Waals surface area (Å²) in [5.41, 5.74) is 1.74. The maximum absolute atomic E-state index is 10.9. The first kappa shape index (κ1) is 13.6. The van der Waals surface area contributed by atoms with Crippen molar-refractivity contribution in [1.29, 1.82) is 0 Å². The third-order valence-electron chi connectivity index (χ3n) is 3.05. The summed E-state index contributed by atoms with van der Waals surface area (Å²) in [6.07, 6.45) is -0.905. The first-order valence-corrected chi connectivity index (χ1v) is 7.31. The fourth-order valence-electron chi connectivity index (χ4n) is 1.96. The van der Waals surface area contributed by atoms with Gasteiger partial charge in [-0.1, -0.05) is 36.4 Å². The van der Waals surface area contributed by atoms with Crippen molar-refractivity contribution < 1.29 is 14.6 Å². The minimum atomic E-state index is -0.995. The molecule has 1 N–H and O–H groups in total. The van der Waals surface area contributed by atoms with Gasteiger partial charge in [0, 0.05) is 5.56 Å². The van der Waals surface area contributed by atoms with Crippen molar-refractivity contribution in [2.45, 2.75) is 13.0 Å². The van der Waals surface area contributed by atoms with Crippen LogP contribution in [0.2, 0.25) is 0 Å². The van der Waals surface area contributed by atoms with E-state index in [-0.39, 0.29) is 0 Å². The zero-order valence-electron chi connectivity index (χ0n) is 11.3. The molecular weight excluding hydrogens is 286 g/mol. The zero-order valence-corrected chi connectivity index (χ0v) is 12.1. The van der Waals surface area contributed by atoms with Gasteiger partial charge in [-0.05, 0) is 19.1 Å². The van der Waals surface area contributed by atoms with Crippen LogP contribution in [0.3, 0.4) is 0 Å². The van der Waals surface area contributed by atoms with Gasteiger partial charge in [0.2, 0.25) is 0 Å². The van der Waals surface area contributed by atoms with Crippen LogP contribution in [-0.2, 0) is 4.79 Å². The molecule has 4 nitrogen and oxygen atoms in total. The largest absolute Gasteiger partial charge is 0.479 e. The van der Waals surface area contributed by atoms with Gasteiger partial charge in [-0.2, -0.15) is 0 Å². The molecular formula is C16H13NO3S. The van der Waals surface area contributed by atoms with E-state index in [0.29, 0.717) is 11.3 Å². The highest BCUT2D eigenvalue weighted by molar-refractivity contribution is 7.21. The maximum Gasteiger partial charge on any atom is 0.344 e. The quantitative estimate of drug-likeness (QED) is 0.795. The van der Waals surface area contributed by atoms with Gasteiger partial charge < -0.3 is 9.84 Å². The van der Waals surface area contributed by atoms with Crippen LogP contribution < -0.4 is 4.74 Å². The SMILES string of the molecule is CC(Oc1cccc2sc(-c3ccccc3)nc12)C(=O)O. The first-order valence-electron chi connectivity index (χ1n) is 6.49. The van der Waals surface area contributed by atoms with Crippen LogP contribution in [0.5, 0.6) is 5.75 Å². The number of aliphatic carboxylic acids is 1. The minimum absolute atomic E-state index is 0.501. The lowest BCUT2D eigenvalue weighted by molar-refractivity contribution is -0.144. The molecule has 0 spiro atoms. The number of nitrogens with zero attached hydrogens (tertiary/aromatic N) is 1. The Kier molecular flexibility index (Phi) is 3.58. The van der Waals surface area contributed by atoms with E-state index in [9.17, 15) is 4.79 Å². The molecule has 3 rings (SSSR count). The normalized spacial score (nSPS) is 12.2. The van der Waals surface area contributed by atoms with E-state index in [4.69, 9.17) is 9.84 Å². The Balaban J connectivity index is 2.04. The maximum atomic E-state index is 10.9. The van der Waals surface area contributed by atoms with Gasteiger partial charge in [0.25, 0.3) is 0 Å². The topological polar surface area (TPSA) is 59.4 Å². The molecule has 3 aromatic rings. The van der Waals surface area contributed by atoms with Crippen molar-refractivity contribution in [2.24, 2.45) is 0 Å². The lowest BCUT2D eigenvalue weighted by Gasteiger charge is -2.10. The Morgan fingerprint density at radius 1 is 1.19 bits per heavy atom. The average Bonchev–Trinajstić information content (AvgIpc) is 2.93. The molecule has 2 aromatic carbocycles. The molecule has 0 radical (unpaired) electrons. The van der Waals surface area contributed by atoms with Crippen molar-refractivity contribution in [3.8, 4) is 16.3 Å². The number of thiazole rings is 1. The second-order valence-electron chi connectivity index (χ2n) is 4.59. The van der Waals surface area contributed by atoms with Gasteiger partial charge >= 0.3 is 5.97 Å². The highest BCUT2D eigenvalue weighted by Crippen LogP contribution is 2.34. The summed E-state index contributed by atoms with van der Waals surface area (Å²) < 4.78 is 6.46. The molecule has 1 unspecified atom stereocenters. The Morgan fingerprint density at radius 2 is 1.95 bits per heavy atom. The molecule has 0 aliphatic carbocycles. The van der Waals surface area contributed by atoms with Crippen LogP contribution >= 0.6 is 11.3 Å². The van der Waals surface area contributed by atoms with E-state index in [0.717, 1.165) is 15.3 Å². The highest BCUT2D eigenvalue weighted by atomic mass is 32.1. The molecule has 5 heteroatoms. The number of ether oxygens (including phenoxy) is 1. The van der Waals surface area contributed by atoms with Crippen LogP contribution in [0.15, 0.2) is 48.5 Å². The standard InChI is InChI=1S/C16H13NO3S/c1-10(16(18)19)20-12-8-5-9-13-14(12)17-15(21-13)11-6-3-2-4-7-11/h2-10H,1H3,(H,18,19). The number of fused-ring (bicyclic) bond motifs is 1. The fourth-order valence-corrected chi connectivity index (χ4v) is 2.95. The van der Waals surface area contributed by atoms with Crippen molar-refractivity contribution in [3.63, 3.8) is 0 Å². The molecule has 0 amide bonds. The number of carbonyl (C=O) groups is 1. The molecule has 0 saturated carbocycles. The second-order valence-corrected chi connectivity index (χ2v) is 5.62. The summed E-state index contributed by atoms with van der Waals surface area (Å²) in [4.78, 5) is 15.5. The molecule has 0 saturated heterocycles. The zero-order chi connectivity index (χ0) is 14.8. The van der Waals surface area contributed by atoms with E-state index in [1.165, 1.54) is 6.92 Å². The van der Waals surface area contributed by atoms with Crippen molar-refractivity contribution in [1.82, 2.24) is 4.98 Å². The molecule has 0 aliphatic heterocycles. The summed E-state index contributed by atoms with van der Waals surface area (Å²) >= 11 is 1.56. The fraction of sp³-hybridized carbons (Fsp3) is 0.125. The van der Waals surface area contributed by atoms with E-state index in [2.05, 4.69) is 4.98 Å². The Labute approximate surface area is 125 Å². The highest BCUT2D eigenvalue weighted by Gasteiger charge is 2.16. The summed E-state index contributed by atoms with van der Waals surface area (Å²) in [7, 11) is 0. The molecule has 1 aromatic heterocycles. The van der Waals surface area contributed by atoms with Gasteiger partial charge in [0.05, 0.1) is 4.70 Å². The number of aromatic nitrogens is 1. The molecule has 0 aliphatic rings. The van der Waals surface area contributed by atoms with E-state index < -0.39 is 12.1 Å². The van der Waals surface area contributed by atoms with E-state index in [1.807, 2.05) is 42.5 Å². The van der Waals surface area contributed by atoms with Crippen molar-refractivity contribution >= 4 is 27.5 Å². The predicted molar refractivity (Wildman–Crippen MR) is 82.8 cm³/mol. The summed E-state index contributed by atoms with van der Waals surface area (Å²) in [6, 6.07) is 15.4. The van der Waals surface area contributed by atoms with Crippen molar-refractivity contribution in [2.75, 3.05) is 0 Å². The third-order valence-corrected chi connectivity index (χ3v) is 4.12. The molecule has 0 fully saturated rings. The number of benzene rings is 2. The Morgan fingerprint density at radius 3 is 2.67 bits per heavy atom. The lowest BCUT2D eigenvalue weighted by atomic mass is 10.2. The van der Waals surface area contributed by atoms with Crippen LogP contribution in [0.25, 0.3) is 20.8 Å². The molecule has 106 valence electrons. The van der Waals surface area contributed by atoms with Gasteiger partial charge in [-0.15, -0.1) is 11.3 Å². The minimum Gasteiger partial charge on any atom is -0.479 e. The summed E-state index contributed by atoms with van der Waals surface area (Å²) in [6.45, 7) is 1.51. The predicted octanol–water partition coefficient (Wildman–Crippen LogP) is 3.82. The van der Waals surface area contributed by atoms with Gasteiger partial charge in [-0.3, -0.25) is 0 Å². The number of para-hydroxylation sites is 1. The molecule has 21 heavy (non-hydrogen) atoms. The first-order chi connectivity index (χ1) is 10.1. The third kappa shape index (κ3) is 2.73. The number of hydrogen-bond donors (Lipinski definition) is 1. The van der Waals surface area contributed by atoms with Crippen LogP contribution in [0.1, 0.15) is 6.92 Å². The number of rotatable bonds is 4. The van der Waals surface area contributed by atoms with Gasteiger partial charge in [0.15, 0.2) is 6.10 Å². The molecule has 1 heterocycles. The number of carboxylic acid groups (broad SMARTS) is 1. The average molecular weight is 299 g/mol. The monoisotopic (exact) mass is 299 g/mol. The van der Waals surface area contributed by atoms with Gasteiger partial charge in [-0.25, -0.2) is 9.78 Å². The number of carboxylic acids is 1. The molecule has 0 bridgehead atoms. The second kappa shape index (κ2) is 5.54. The Hall–Kier alpha value is -2.40. The van der Waals surface area contributed by atoms with Crippen LogP contribution in [-0.4, -0.2) is 22.2 Å². The van der Waals surface area contributed by atoms with E-state index in [1.54, 1.807) is 17.4 Å². The van der Waals surface area contributed by atoms with Crippen LogP contribution in [0.4, 0.5) is 0 Å². The van der Waals surface area contributed by atoms with E-state index >= 15 is 0 Å². The van der Waals surface area contributed by atoms with Crippen LogP contribution in [0, 0.1) is 0 Å². The summed E-state index contributed by atoms with van der Waals surface area (Å²) in [5, 5.41) is 9.85. The number of hydrogen-bond acceptors (Lipinski definition) is 4.